The summed E-state index contributed by atoms with van der Waals surface area (Å²) in [6.07, 6.45) is 1.75. The lowest BCUT2D eigenvalue weighted by Gasteiger charge is -2.36. The quantitative estimate of drug-likeness (QED) is 0.850. The second-order valence-corrected chi connectivity index (χ2v) is 4.94. The third-order valence-corrected chi connectivity index (χ3v) is 3.61. The SMILES string of the molecule is COC(=O)c1cc(C2(O)COC2)n2cccc(Cl)c12. The summed E-state index contributed by atoms with van der Waals surface area (Å²) in [5, 5.41) is 10.8. The number of hydrogen-bond acceptors (Lipinski definition) is 4. The van der Waals surface area contributed by atoms with Gasteiger partial charge in [-0.3, -0.25) is 0 Å². The second-order valence-electron chi connectivity index (χ2n) is 4.53. The molecule has 0 amide bonds. The van der Waals surface area contributed by atoms with Gasteiger partial charge in [-0.25, -0.2) is 4.79 Å². The molecular weight excluding hydrogens is 270 g/mol. The molecule has 0 bridgehead atoms. The van der Waals surface area contributed by atoms with Gasteiger partial charge in [0.25, 0.3) is 0 Å². The van der Waals surface area contributed by atoms with Gasteiger partial charge in [0, 0.05) is 6.20 Å². The molecule has 3 heterocycles. The smallest absolute Gasteiger partial charge is 0.340 e. The number of aliphatic hydroxyl groups is 1. The Morgan fingerprint density at radius 3 is 2.89 bits per heavy atom. The van der Waals surface area contributed by atoms with Crippen molar-refractivity contribution in [3.05, 3.63) is 40.7 Å². The average molecular weight is 282 g/mol. The zero-order valence-electron chi connectivity index (χ0n) is 10.2. The fourth-order valence-electron chi connectivity index (χ4n) is 2.28. The van der Waals surface area contributed by atoms with Gasteiger partial charge in [-0.1, -0.05) is 11.6 Å². The van der Waals surface area contributed by atoms with Crippen molar-refractivity contribution in [2.45, 2.75) is 5.60 Å². The van der Waals surface area contributed by atoms with Crippen LogP contribution in [0, 0.1) is 0 Å². The molecule has 0 atom stereocenters. The first-order valence-corrected chi connectivity index (χ1v) is 6.13. The Bertz CT molecular complexity index is 660. The van der Waals surface area contributed by atoms with Gasteiger partial charge >= 0.3 is 5.97 Å². The van der Waals surface area contributed by atoms with Crippen LogP contribution in [0.1, 0.15) is 16.1 Å². The maximum atomic E-state index is 11.8. The Morgan fingerprint density at radius 2 is 2.32 bits per heavy atom. The molecule has 0 spiro atoms. The molecular formula is C13H12ClNO4. The Balaban J connectivity index is 2.30. The van der Waals surface area contributed by atoms with E-state index in [1.807, 2.05) is 0 Å². The van der Waals surface area contributed by atoms with E-state index < -0.39 is 11.6 Å². The molecule has 1 aliphatic rings. The van der Waals surface area contributed by atoms with Crippen LogP contribution in [0.4, 0.5) is 0 Å². The highest BCUT2D eigenvalue weighted by molar-refractivity contribution is 6.34. The number of esters is 1. The molecule has 0 unspecified atom stereocenters. The summed E-state index contributed by atoms with van der Waals surface area (Å²) in [4.78, 5) is 11.8. The van der Waals surface area contributed by atoms with E-state index in [2.05, 4.69) is 0 Å². The largest absolute Gasteiger partial charge is 0.465 e. The van der Waals surface area contributed by atoms with Crippen LogP contribution in [0.15, 0.2) is 24.4 Å². The monoisotopic (exact) mass is 281 g/mol. The van der Waals surface area contributed by atoms with Crippen LogP contribution in [-0.4, -0.2) is 35.8 Å². The van der Waals surface area contributed by atoms with Gasteiger partial charge in [0.2, 0.25) is 0 Å². The summed E-state index contributed by atoms with van der Waals surface area (Å²) in [6, 6.07) is 5.05. The zero-order chi connectivity index (χ0) is 13.6. The van der Waals surface area contributed by atoms with Gasteiger partial charge < -0.3 is 19.0 Å². The molecule has 0 aliphatic carbocycles. The number of pyridine rings is 1. The zero-order valence-corrected chi connectivity index (χ0v) is 11.0. The lowest BCUT2D eigenvalue weighted by molar-refractivity contribution is -0.187. The molecule has 100 valence electrons. The van der Waals surface area contributed by atoms with Crippen LogP contribution in [0.2, 0.25) is 5.02 Å². The van der Waals surface area contributed by atoms with Crippen LogP contribution in [0.5, 0.6) is 0 Å². The molecule has 1 aliphatic heterocycles. The van der Waals surface area contributed by atoms with Crippen molar-refractivity contribution in [1.29, 1.82) is 0 Å². The van der Waals surface area contributed by atoms with E-state index in [1.54, 1.807) is 28.8 Å². The van der Waals surface area contributed by atoms with Gasteiger partial charge in [-0.15, -0.1) is 0 Å². The fourth-order valence-corrected chi connectivity index (χ4v) is 2.55. The Morgan fingerprint density at radius 1 is 1.58 bits per heavy atom. The maximum Gasteiger partial charge on any atom is 0.340 e. The van der Waals surface area contributed by atoms with Crippen molar-refractivity contribution in [3.8, 4) is 0 Å². The normalized spacial score (nSPS) is 17.2. The lowest BCUT2D eigenvalue weighted by Crippen LogP contribution is -2.47. The summed E-state index contributed by atoms with van der Waals surface area (Å²) >= 11 is 6.15. The van der Waals surface area contributed by atoms with Gasteiger partial charge in [0.1, 0.15) is 0 Å². The Hall–Kier alpha value is -1.56. The number of rotatable bonds is 2. The van der Waals surface area contributed by atoms with Crippen LogP contribution in [-0.2, 0) is 15.1 Å². The Labute approximate surface area is 114 Å². The molecule has 5 nitrogen and oxygen atoms in total. The number of carbonyl (C=O) groups excluding carboxylic acids is 1. The molecule has 1 saturated heterocycles. The minimum atomic E-state index is -1.08. The van der Waals surface area contributed by atoms with Gasteiger partial charge in [0.05, 0.1) is 42.1 Å². The highest BCUT2D eigenvalue weighted by atomic mass is 35.5. The molecule has 0 aromatic carbocycles. The number of halogens is 1. The van der Waals surface area contributed by atoms with Crippen molar-refractivity contribution < 1.29 is 19.4 Å². The number of ether oxygens (including phenoxy) is 2. The van der Waals surface area contributed by atoms with E-state index in [4.69, 9.17) is 21.1 Å². The van der Waals surface area contributed by atoms with Crippen molar-refractivity contribution in [1.82, 2.24) is 4.40 Å². The molecule has 1 N–H and O–H groups in total. The predicted octanol–water partition coefficient (Wildman–Crippen LogP) is 1.60. The number of aromatic nitrogens is 1. The number of hydrogen-bond donors (Lipinski definition) is 1. The maximum absolute atomic E-state index is 11.8. The van der Waals surface area contributed by atoms with Crippen molar-refractivity contribution in [2.75, 3.05) is 20.3 Å². The first-order valence-electron chi connectivity index (χ1n) is 5.75. The second kappa shape index (κ2) is 4.23. The average Bonchev–Trinajstić information content (AvgIpc) is 2.76. The van der Waals surface area contributed by atoms with E-state index >= 15 is 0 Å². The van der Waals surface area contributed by atoms with Gasteiger partial charge in [-0.2, -0.15) is 0 Å². The number of fused-ring (bicyclic) bond motifs is 1. The number of nitrogens with zero attached hydrogens (tertiary/aromatic N) is 1. The number of carbonyl (C=O) groups is 1. The standard InChI is InChI=1S/C13H12ClNO4/c1-18-12(16)8-5-10(13(17)6-19-7-13)15-4-2-3-9(14)11(8)15/h2-5,17H,6-7H2,1H3. The van der Waals surface area contributed by atoms with Crippen LogP contribution >= 0.6 is 11.6 Å². The van der Waals surface area contributed by atoms with E-state index in [9.17, 15) is 9.90 Å². The van der Waals surface area contributed by atoms with Crippen molar-refractivity contribution >= 4 is 23.1 Å². The first-order chi connectivity index (χ1) is 9.07. The molecule has 6 heteroatoms. The fraction of sp³-hybridized carbons (Fsp3) is 0.308. The first kappa shape index (κ1) is 12.5. The number of methoxy groups -OCH3 is 1. The molecule has 3 rings (SSSR count). The lowest BCUT2D eigenvalue weighted by atomic mass is 9.97. The molecule has 2 aromatic heterocycles. The summed E-state index contributed by atoms with van der Waals surface area (Å²) in [7, 11) is 1.31. The Kier molecular flexibility index (Phi) is 2.78. The van der Waals surface area contributed by atoms with Gasteiger partial charge in [0.15, 0.2) is 5.60 Å². The predicted molar refractivity (Wildman–Crippen MR) is 68.5 cm³/mol. The minimum absolute atomic E-state index is 0.201. The topological polar surface area (TPSA) is 60.2 Å². The van der Waals surface area contributed by atoms with E-state index in [0.717, 1.165) is 0 Å². The third kappa shape index (κ3) is 1.74. The summed E-state index contributed by atoms with van der Waals surface area (Å²) in [5.74, 6) is -0.485. The third-order valence-electron chi connectivity index (χ3n) is 3.30. The summed E-state index contributed by atoms with van der Waals surface area (Å²) in [6.45, 7) is 0.401. The van der Waals surface area contributed by atoms with E-state index in [0.29, 0.717) is 21.8 Å². The summed E-state index contributed by atoms with van der Waals surface area (Å²) < 4.78 is 11.5. The molecule has 0 radical (unpaired) electrons. The van der Waals surface area contributed by atoms with Crippen molar-refractivity contribution in [2.24, 2.45) is 0 Å². The minimum Gasteiger partial charge on any atom is -0.465 e. The van der Waals surface area contributed by atoms with E-state index in [1.165, 1.54) is 7.11 Å². The molecule has 19 heavy (non-hydrogen) atoms. The molecule has 0 saturated carbocycles. The van der Waals surface area contributed by atoms with Crippen molar-refractivity contribution in [3.63, 3.8) is 0 Å². The summed E-state index contributed by atoms with van der Waals surface area (Å²) in [5.41, 5.74) is 0.367. The molecule has 1 fully saturated rings. The van der Waals surface area contributed by atoms with E-state index in [-0.39, 0.29) is 13.2 Å². The highest BCUT2D eigenvalue weighted by Crippen LogP contribution is 2.34. The molecule has 2 aromatic rings. The van der Waals surface area contributed by atoms with Gasteiger partial charge in [-0.05, 0) is 18.2 Å². The van der Waals surface area contributed by atoms with Crippen LogP contribution in [0.25, 0.3) is 5.52 Å². The highest BCUT2D eigenvalue weighted by Gasteiger charge is 2.41. The van der Waals surface area contributed by atoms with Crippen LogP contribution in [0.3, 0.4) is 0 Å². The van der Waals surface area contributed by atoms with Crippen LogP contribution < -0.4 is 0 Å².